The number of halogens is 3. The highest BCUT2D eigenvalue weighted by Gasteiger charge is 2.33. The van der Waals surface area contributed by atoms with Gasteiger partial charge in [0.1, 0.15) is 0 Å². The molecule has 0 spiro atoms. The van der Waals surface area contributed by atoms with E-state index in [1.54, 1.807) is 0 Å². The summed E-state index contributed by atoms with van der Waals surface area (Å²) < 4.78 is 36.3. The van der Waals surface area contributed by atoms with Crippen molar-refractivity contribution in [3.63, 3.8) is 0 Å². The Bertz CT molecular complexity index is 268. The van der Waals surface area contributed by atoms with Crippen LogP contribution in [0.1, 0.15) is 39.0 Å². The molecule has 6 heteroatoms. The highest BCUT2D eigenvalue weighted by molar-refractivity contribution is 5.79. The smallest absolute Gasteiger partial charge is 0.353 e. The van der Waals surface area contributed by atoms with Crippen molar-refractivity contribution >= 4 is 5.91 Å². The van der Waals surface area contributed by atoms with Gasteiger partial charge in [-0.2, -0.15) is 13.2 Å². The van der Waals surface area contributed by atoms with Crippen molar-refractivity contribution in [2.45, 2.75) is 57.3 Å². The molecule has 0 aromatic heterocycles. The minimum atomic E-state index is -4.25. The maximum Gasteiger partial charge on any atom is 0.391 e. The average Bonchev–Trinajstić information content (AvgIpc) is 2.14. The first-order valence-corrected chi connectivity index (χ1v) is 5.92. The zero-order valence-electron chi connectivity index (χ0n) is 9.89. The summed E-state index contributed by atoms with van der Waals surface area (Å²) in [5.41, 5.74) is 5.80. The van der Waals surface area contributed by atoms with E-state index in [-0.39, 0.29) is 17.9 Å². The van der Waals surface area contributed by atoms with Crippen molar-refractivity contribution in [3.05, 3.63) is 0 Å². The van der Waals surface area contributed by atoms with Gasteiger partial charge in [-0.3, -0.25) is 4.79 Å². The van der Waals surface area contributed by atoms with Gasteiger partial charge in [0.25, 0.3) is 0 Å². The van der Waals surface area contributed by atoms with Gasteiger partial charge in [0.2, 0.25) is 5.91 Å². The Balaban J connectivity index is 2.42. The van der Waals surface area contributed by atoms with Crippen LogP contribution in [-0.2, 0) is 4.79 Å². The van der Waals surface area contributed by atoms with E-state index in [0.717, 1.165) is 19.3 Å². The topological polar surface area (TPSA) is 55.1 Å². The van der Waals surface area contributed by atoms with E-state index in [0.29, 0.717) is 6.42 Å². The van der Waals surface area contributed by atoms with Crippen LogP contribution in [0.4, 0.5) is 13.2 Å². The summed E-state index contributed by atoms with van der Waals surface area (Å²) in [6, 6.07) is -1.11. The third-order valence-electron chi connectivity index (χ3n) is 3.08. The van der Waals surface area contributed by atoms with E-state index >= 15 is 0 Å². The molecule has 0 aromatic rings. The fourth-order valence-electron chi connectivity index (χ4n) is 2.23. The van der Waals surface area contributed by atoms with Crippen LogP contribution in [-0.4, -0.2) is 24.2 Å². The van der Waals surface area contributed by atoms with Crippen molar-refractivity contribution in [3.8, 4) is 0 Å². The highest BCUT2D eigenvalue weighted by Crippen LogP contribution is 2.24. The maximum atomic E-state index is 12.1. The third-order valence-corrected chi connectivity index (χ3v) is 3.08. The second kappa shape index (κ2) is 5.71. The van der Waals surface area contributed by atoms with Crippen molar-refractivity contribution < 1.29 is 18.0 Å². The lowest BCUT2D eigenvalue weighted by atomic mass is 9.84. The Morgan fingerprint density at radius 2 is 2.00 bits per heavy atom. The summed E-state index contributed by atoms with van der Waals surface area (Å²) in [6.45, 7) is 1.36. The van der Waals surface area contributed by atoms with Gasteiger partial charge >= 0.3 is 6.18 Å². The molecule has 3 nitrogen and oxygen atoms in total. The van der Waals surface area contributed by atoms with Crippen molar-refractivity contribution in [2.75, 3.05) is 0 Å². The molecule has 1 rings (SSSR count). The number of rotatable bonds is 3. The number of nitrogens with two attached hydrogens (primary N) is 1. The van der Waals surface area contributed by atoms with E-state index < -0.39 is 18.6 Å². The normalized spacial score (nSPS) is 27.6. The number of carbonyl (C=O) groups excluding carboxylic acids is 1. The van der Waals surface area contributed by atoms with Crippen LogP contribution in [0.25, 0.3) is 0 Å². The standard InChI is InChI=1S/C11H19F3N2O/c1-7(6-11(12,13)14)16-10(17)8-4-2-3-5-9(8)15/h7-9H,2-6,15H2,1H3,(H,16,17). The molecule has 1 saturated carbocycles. The number of carbonyl (C=O) groups is 1. The largest absolute Gasteiger partial charge is 0.391 e. The van der Waals surface area contributed by atoms with Crippen LogP contribution in [0.2, 0.25) is 0 Å². The molecule has 1 fully saturated rings. The second-order valence-corrected chi connectivity index (χ2v) is 4.78. The Morgan fingerprint density at radius 3 is 2.53 bits per heavy atom. The van der Waals surface area contributed by atoms with Gasteiger partial charge in [0.15, 0.2) is 0 Å². The summed E-state index contributed by atoms with van der Waals surface area (Å²) in [4.78, 5) is 11.7. The molecule has 0 aromatic carbocycles. The summed E-state index contributed by atoms with van der Waals surface area (Å²) in [7, 11) is 0. The van der Waals surface area contributed by atoms with Gasteiger partial charge < -0.3 is 11.1 Å². The van der Waals surface area contributed by atoms with E-state index in [9.17, 15) is 18.0 Å². The quantitative estimate of drug-likeness (QED) is 0.806. The molecule has 0 aliphatic heterocycles. The van der Waals surface area contributed by atoms with Gasteiger partial charge in [-0.05, 0) is 19.8 Å². The minimum absolute atomic E-state index is 0.221. The summed E-state index contributed by atoms with van der Waals surface area (Å²) in [5, 5.41) is 2.40. The van der Waals surface area contributed by atoms with Gasteiger partial charge in [-0.15, -0.1) is 0 Å². The lowest BCUT2D eigenvalue weighted by Gasteiger charge is -2.28. The van der Waals surface area contributed by atoms with Gasteiger partial charge in [0.05, 0.1) is 12.3 Å². The molecule has 1 aliphatic rings. The summed E-state index contributed by atoms with van der Waals surface area (Å²) in [5.74, 6) is -0.673. The SMILES string of the molecule is CC(CC(F)(F)F)NC(=O)C1CCCCC1N. The monoisotopic (exact) mass is 252 g/mol. The zero-order valence-corrected chi connectivity index (χ0v) is 9.89. The van der Waals surface area contributed by atoms with E-state index in [1.807, 2.05) is 0 Å². The highest BCUT2D eigenvalue weighted by atomic mass is 19.4. The molecule has 17 heavy (non-hydrogen) atoms. The predicted octanol–water partition coefficient (Wildman–Crippen LogP) is 1.96. The fourth-order valence-corrected chi connectivity index (χ4v) is 2.23. The molecule has 3 atom stereocenters. The molecule has 100 valence electrons. The fraction of sp³-hybridized carbons (Fsp3) is 0.909. The van der Waals surface area contributed by atoms with Gasteiger partial charge in [-0.1, -0.05) is 12.8 Å². The van der Waals surface area contributed by atoms with E-state index in [2.05, 4.69) is 5.32 Å². The number of hydrogen-bond donors (Lipinski definition) is 2. The van der Waals surface area contributed by atoms with Crippen LogP contribution in [0.15, 0.2) is 0 Å². The first-order chi connectivity index (χ1) is 7.79. The lowest BCUT2D eigenvalue weighted by Crippen LogP contribution is -2.47. The first kappa shape index (κ1) is 14.3. The number of amides is 1. The van der Waals surface area contributed by atoms with Gasteiger partial charge in [0, 0.05) is 12.1 Å². The van der Waals surface area contributed by atoms with Crippen LogP contribution in [0.3, 0.4) is 0 Å². The molecule has 1 amide bonds. The first-order valence-electron chi connectivity index (χ1n) is 5.92. The molecular weight excluding hydrogens is 233 g/mol. The molecule has 1 aliphatic carbocycles. The van der Waals surface area contributed by atoms with Gasteiger partial charge in [-0.25, -0.2) is 0 Å². The van der Waals surface area contributed by atoms with Crippen LogP contribution < -0.4 is 11.1 Å². The molecule has 0 radical (unpaired) electrons. The van der Waals surface area contributed by atoms with Crippen molar-refractivity contribution in [1.29, 1.82) is 0 Å². The number of hydrogen-bond acceptors (Lipinski definition) is 2. The molecule has 0 heterocycles. The number of alkyl halides is 3. The van der Waals surface area contributed by atoms with E-state index in [1.165, 1.54) is 6.92 Å². The molecule has 0 bridgehead atoms. The Hall–Kier alpha value is -0.780. The van der Waals surface area contributed by atoms with Crippen LogP contribution in [0.5, 0.6) is 0 Å². The minimum Gasteiger partial charge on any atom is -0.353 e. The average molecular weight is 252 g/mol. The Labute approximate surface area is 98.9 Å². The maximum absolute atomic E-state index is 12.1. The van der Waals surface area contributed by atoms with Crippen molar-refractivity contribution in [1.82, 2.24) is 5.32 Å². The molecule has 3 N–H and O–H groups in total. The Kier molecular flexibility index (Phi) is 4.80. The Morgan fingerprint density at radius 1 is 1.41 bits per heavy atom. The summed E-state index contributed by atoms with van der Waals surface area (Å²) >= 11 is 0. The van der Waals surface area contributed by atoms with E-state index in [4.69, 9.17) is 5.73 Å². The molecule has 0 saturated heterocycles. The zero-order chi connectivity index (χ0) is 13.1. The van der Waals surface area contributed by atoms with Crippen LogP contribution in [0, 0.1) is 5.92 Å². The predicted molar refractivity (Wildman–Crippen MR) is 58.2 cm³/mol. The van der Waals surface area contributed by atoms with Crippen LogP contribution >= 0.6 is 0 Å². The number of nitrogens with one attached hydrogen (secondary N) is 1. The summed E-state index contributed by atoms with van der Waals surface area (Å²) in [6.07, 6.45) is -1.90. The lowest BCUT2D eigenvalue weighted by molar-refractivity contribution is -0.142. The third kappa shape index (κ3) is 4.93. The second-order valence-electron chi connectivity index (χ2n) is 4.78. The molecule has 3 unspecified atom stereocenters. The van der Waals surface area contributed by atoms with Crippen molar-refractivity contribution in [2.24, 2.45) is 11.7 Å². The molecular formula is C11H19F3N2O.